The number of carbonyl (C=O) groups is 1. The van der Waals surface area contributed by atoms with E-state index in [1.54, 1.807) is 11.8 Å². The highest BCUT2D eigenvalue weighted by Crippen LogP contribution is 2.25. The highest BCUT2D eigenvalue weighted by Gasteiger charge is 2.33. The first-order valence-electron chi connectivity index (χ1n) is 9.02. The number of aromatic nitrogens is 2. The van der Waals surface area contributed by atoms with Gasteiger partial charge in [0.1, 0.15) is 5.69 Å². The highest BCUT2D eigenvalue weighted by atomic mass is 16.5. The lowest BCUT2D eigenvalue weighted by Gasteiger charge is -2.38. The molecule has 134 valence electrons. The summed E-state index contributed by atoms with van der Waals surface area (Å²) in [5.41, 5.74) is 2.87. The number of methoxy groups -OCH3 is 1. The Labute approximate surface area is 149 Å². The quantitative estimate of drug-likeness (QED) is 0.840. The topological polar surface area (TPSA) is 47.4 Å². The summed E-state index contributed by atoms with van der Waals surface area (Å²) < 4.78 is 7.50. The van der Waals surface area contributed by atoms with Crippen molar-refractivity contribution in [3.63, 3.8) is 0 Å². The predicted molar refractivity (Wildman–Crippen MR) is 97.6 cm³/mol. The number of rotatable bonds is 5. The van der Waals surface area contributed by atoms with Crippen molar-refractivity contribution in [2.45, 2.75) is 39.3 Å². The minimum absolute atomic E-state index is 0.0788. The lowest BCUT2D eigenvalue weighted by atomic mass is 9.88. The third kappa shape index (κ3) is 3.93. The molecule has 0 saturated carbocycles. The summed E-state index contributed by atoms with van der Waals surface area (Å²) in [7, 11) is 1.77. The summed E-state index contributed by atoms with van der Waals surface area (Å²) in [5, 5.41) is 4.41. The Hall–Kier alpha value is -2.14. The molecule has 1 aromatic heterocycles. The van der Waals surface area contributed by atoms with Gasteiger partial charge in [0.2, 0.25) is 0 Å². The molecule has 0 radical (unpaired) electrons. The fraction of sp³-hybridized carbons (Fsp3) is 0.500. The molecule has 0 bridgehead atoms. The van der Waals surface area contributed by atoms with Crippen molar-refractivity contribution in [1.82, 2.24) is 14.7 Å². The van der Waals surface area contributed by atoms with Crippen LogP contribution < -0.4 is 0 Å². The standard InChI is InChI=1S/C20H27N3O2/c1-4-23-18(12-15(2)21-23)20(24)22-11-10-19(25-3)17(14-22)13-16-8-6-5-7-9-16/h5-9,12,17,19H,4,10-11,13-14H2,1-3H3/t17-,19-/m0/s1. The van der Waals surface area contributed by atoms with Gasteiger partial charge in [-0.3, -0.25) is 9.48 Å². The van der Waals surface area contributed by atoms with Crippen molar-refractivity contribution >= 4 is 5.91 Å². The van der Waals surface area contributed by atoms with Crippen molar-refractivity contribution in [2.75, 3.05) is 20.2 Å². The second-order valence-corrected chi connectivity index (χ2v) is 6.75. The molecule has 2 aromatic rings. The third-order valence-corrected chi connectivity index (χ3v) is 5.02. The Balaban J connectivity index is 1.75. The molecule has 2 heterocycles. The maximum Gasteiger partial charge on any atom is 0.272 e. The summed E-state index contributed by atoms with van der Waals surface area (Å²) in [4.78, 5) is 15.0. The first kappa shape index (κ1) is 17.7. The van der Waals surface area contributed by atoms with Crippen molar-refractivity contribution in [3.05, 3.63) is 53.3 Å². The molecule has 1 aromatic carbocycles. The van der Waals surface area contributed by atoms with Crippen LogP contribution in [-0.2, 0) is 17.7 Å². The van der Waals surface area contributed by atoms with Crippen LogP contribution >= 0.6 is 0 Å². The van der Waals surface area contributed by atoms with E-state index in [-0.39, 0.29) is 12.0 Å². The summed E-state index contributed by atoms with van der Waals surface area (Å²) in [6.45, 7) is 6.10. The average Bonchev–Trinajstić information content (AvgIpc) is 3.02. The first-order chi connectivity index (χ1) is 12.1. The van der Waals surface area contributed by atoms with Gasteiger partial charge in [-0.25, -0.2) is 0 Å². The van der Waals surface area contributed by atoms with E-state index in [1.807, 2.05) is 30.9 Å². The Morgan fingerprint density at radius 3 is 2.76 bits per heavy atom. The summed E-state index contributed by atoms with van der Waals surface area (Å²) >= 11 is 0. The molecule has 1 saturated heterocycles. The lowest BCUT2D eigenvalue weighted by molar-refractivity contribution is -0.00334. The van der Waals surface area contributed by atoms with Crippen LogP contribution in [0.15, 0.2) is 36.4 Å². The molecule has 1 aliphatic rings. The molecule has 0 aliphatic carbocycles. The van der Waals surface area contributed by atoms with E-state index < -0.39 is 0 Å². The van der Waals surface area contributed by atoms with Gasteiger partial charge < -0.3 is 9.64 Å². The number of piperidine rings is 1. The molecule has 2 atom stereocenters. The molecule has 0 spiro atoms. The summed E-state index contributed by atoms with van der Waals surface area (Å²) in [5.74, 6) is 0.388. The van der Waals surface area contributed by atoms with Gasteiger partial charge in [0, 0.05) is 32.7 Å². The van der Waals surface area contributed by atoms with Gasteiger partial charge in [-0.1, -0.05) is 30.3 Å². The van der Waals surface area contributed by atoms with Crippen molar-refractivity contribution in [1.29, 1.82) is 0 Å². The minimum Gasteiger partial charge on any atom is -0.381 e. The Morgan fingerprint density at radius 2 is 2.08 bits per heavy atom. The molecule has 5 nitrogen and oxygen atoms in total. The Morgan fingerprint density at radius 1 is 1.32 bits per heavy atom. The molecule has 1 fully saturated rings. The van der Waals surface area contributed by atoms with Crippen LogP contribution in [-0.4, -0.2) is 46.9 Å². The smallest absolute Gasteiger partial charge is 0.272 e. The second kappa shape index (κ2) is 7.83. The Bertz CT molecular complexity index is 711. The van der Waals surface area contributed by atoms with Gasteiger partial charge >= 0.3 is 0 Å². The third-order valence-electron chi connectivity index (χ3n) is 5.02. The van der Waals surface area contributed by atoms with E-state index in [2.05, 4.69) is 29.4 Å². The van der Waals surface area contributed by atoms with E-state index in [9.17, 15) is 4.79 Å². The average molecular weight is 341 g/mol. The van der Waals surface area contributed by atoms with Crippen molar-refractivity contribution in [2.24, 2.45) is 5.92 Å². The van der Waals surface area contributed by atoms with Crippen molar-refractivity contribution in [3.8, 4) is 0 Å². The fourth-order valence-corrected chi connectivity index (χ4v) is 3.74. The maximum absolute atomic E-state index is 13.0. The second-order valence-electron chi connectivity index (χ2n) is 6.75. The van der Waals surface area contributed by atoms with Gasteiger partial charge in [-0.2, -0.15) is 5.10 Å². The van der Waals surface area contributed by atoms with E-state index in [0.29, 0.717) is 18.2 Å². The van der Waals surface area contributed by atoms with Crippen LogP contribution in [0.2, 0.25) is 0 Å². The molecule has 25 heavy (non-hydrogen) atoms. The van der Waals surface area contributed by atoms with Crippen LogP contribution in [0, 0.1) is 12.8 Å². The van der Waals surface area contributed by atoms with Crippen LogP contribution in [0.25, 0.3) is 0 Å². The zero-order chi connectivity index (χ0) is 17.8. The van der Waals surface area contributed by atoms with Crippen LogP contribution in [0.3, 0.4) is 0 Å². The number of nitrogens with zero attached hydrogens (tertiary/aromatic N) is 3. The van der Waals surface area contributed by atoms with Gasteiger partial charge in [0.05, 0.1) is 11.8 Å². The number of likely N-dealkylation sites (tertiary alicyclic amines) is 1. The van der Waals surface area contributed by atoms with Crippen LogP contribution in [0.5, 0.6) is 0 Å². The number of amides is 1. The molecular weight excluding hydrogens is 314 g/mol. The van der Waals surface area contributed by atoms with E-state index in [4.69, 9.17) is 4.74 Å². The van der Waals surface area contributed by atoms with Gasteiger partial charge in [-0.15, -0.1) is 0 Å². The number of carbonyl (C=O) groups excluding carboxylic acids is 1. The fourth-order valence-electron chi connectivity index (χ4n) is 3.74. The SMILES string of the molecule is CCn1nc(C)cc1C(=O)N1CC[C@H](OC)[C@@H](Cc2ccccc2)C1. The van der Waals surface area contributed by atoms with Crippen molar-refractivity contribution < 1.29 is 9.53 Å². The van der Waals surface area contributed by atoms with Crippen LogP contribution in [0.4, 0.5) is 0 Å². The number of hydrogen-bond donors (Lipinski definition) is 0. The normalized spacial score (nSPS) is 20.7. The first-order valence-corrected chi connectivity index (χ1v) is 9.02. The van der Waals surface area contributed by atoms with Crippen LogP contribution in [0.1, 0.15) is 35.1 Å². The zero-order valence-electron chi connectivity index (χ0n) is 15.3. The molecule has 0 unspecified atom stereocenters. The van der Waals surface area contributed by atoms with Gasteiger partial charge in [-0.05, 0) is 38.3 Å². The molecule has 3 rings (SSSR count). The number of ether oxygens (including phenoxy) is 1. The lowest BCUT2D eigenvalue weighted by Crippen LogP contribution is -2.47. The molecule has 1 aliphatic heterocycles. The molecular formula is C20H27N3O2. The Kier molecular flexibility index (Phi) is 5.53. The van der Waals surface area contributed by atoms with Gasteiger partial charge in [0.15, 0.2) is 0 Å². The summed E-state index contributed by atoms with van der Waals surface area (Å²) in [6, 6.07) is 12.3. The van der Waals surface area contributed by atoms with E-state index in [1.165, 1.54) is 5.56 Å². The summed E-state index contributed by atoms with van der Waals surface area (Å²) in [6.07, 6.45) is 2.00. The van der Waals surface area contributed by atoms with Gasteiger partial charge in [0.25, 0.3) is 5.91 Å². The predicted octanol–water partition coefficient (Wildman–Crippen LogP) is 2.93. The number of benzene rings is 1. The number of hydrogen-bond acceptors (Lipinski definition) is 3. The minimum atomic E-state index is 0.0788. The number of aryl methyl sites for hydroxylation is 2. The largest absolute Gasteiger partial charge is 0.381 e. The molecule has 0 N–H and O–H groups in total. The molecule has 1 amide bonds. The zero-order valence-corrected chi connectivity index (χ0v) is 15.3. The van der Waals surface area contributed by atoms with E-state index in [0.717, 1.165) is 31.6 Å². The van der Waals surface area contributed by atoms with E-state index >= 15 is 0 Å². The maximum atomic E-state index is 13.0. The monoisotopic (exact) mass is 341 g/mol. The molecule has 5 heteroatoms. The highest BCUT2D eigenvalue weighted by molar-refractivity contribution is 5.92.